The Morgan fingerprint density at radius 2 is 2.07 bits per heavy atom. The fourth-order valence-corrected chi connectivity index (χ4v) is 2.14. The summed E-state index contributed by atoms with van der Waals surface area (Å²) in [6.07, 6.45) is 5.79. The molecule has 0 saturated carbocycles. The van der Waals surface area contributed by atoms with Crippen LogP contribution in [0, 0.1) is 0 Å². The first kappa shape index (κ1) is 12.9. The van der Waals surface area contributed by atoms with Crippen LogP contribution in [0.15, 0.2) is 0 Å². The van der Waals surface area contributed by atoms with Crippen molar-refractivity contribution in [2.45, 2.75) is 45.1 Å². The van der Waals surface area contributed by atoms with Gasteiger partial charge in [-0.05, 0) is 51.9 Å². The highest BCUT2D eigenvalue weighted by atomic mass is 16.3. The van der Waals surface area contributed by atoms with Crippen molar-refractivity contribution in [3.05, 3.63) is 0 Å². The second kappa shape index (κ2) is 8.08. The van der Waals surface area contributed by atoms with Crippen LogP contribution in [-0.2, 0) is 0 Å². The number of hydrogen-bond acceptors (Lipinski definition) is 3. The van der Waals surface area contributed by atoms with Crippen LogP contribution in [0.5, 0.6) is 0 Å². The summed E-state index contributed by atoms with van der Waals surface area (Å²) in [6, 6.07) is 0. The predicted molar refractivity (Wildman–Crippen MR) is 64.1 cm³/mol. The Labute approximate surface area is 93.9 Å². The van der Waals surface area contributed by atoms with Gasteiger partial charge >= 0.3 is 0 Å². The molecule has 0 aromatic carbocycles. The normalized spacial score (nSPS) is 19.6. The topological polar surface area (TPSA) is 35.5 Å². The molecule has 0 aliphatic carbocycles. The molecule has 1 aliphatic heterocycles. The van der Waals surface area contributed by atoms with E-state index in [1.54, 1.807) is 0 Å². The fourth-order valence-electron chi connectivity index (χ4n) is 2.14. The van der Waals surface area contributed by atoms with Crippen LogP contribution >= 0.6 is 0 Å². The monoisotopic (exact) mass is 214 g/mol. The van der Waals surface area contributed by atoms with Crippen LogP contribution in [0.2, 0.25) is 0 Å². The van der Waals surface area contributed by atoms with Crippen LogP contribution in [0.25, 0.3) is 0 Å². The standard InChI is InChI=1S/C12H26N2O/c1-2-6-12(15)11-13-7-5-10-14-8-3-4-9-14/h12-13,15H,2-11H2,1H3. The Morgan fingerprint density at radius 3 is 2.73 bits per heavy atom. The van der Waals surface area contributed by atoms with E-state index in [0.717, 1.165) is 25.9 Å². The molecule has 1 fully saturated rings. The molecule has 0 bridgehead atoms. The van der Waals surface area contributed by atoms with E-state index in [4.69, 9.17) is 0 Å². The van der Waals surface area contributed by atoms with Gasteiger partial charge in [-0.15, -0.1) is 0 Å². The fraction of sp³-hybridized carbons (Fsp3) is 1.00. The Morgan fingerprint density at radius 1 is 1.33 bits per heavy atom. The van der Waals surface area contributed by atoms with Gasteiger partial charge in [-0.1, -0.05) is 13.3 Å². The lowest BCUT2D eigenvalue weighted by Crippen LogP contribution is -2.30. The number of nitrogens with zero attached hydrogens (tertiary/aromatic N) is 1. The molecule has 1 atom stereocenters. The maximum absolute atomic E-state index is 9.49. The second-order valence-electron chi connectivity index (χ2n) is 4.55. The van der Waals surface area contributed by atoms with Crippen molar-refractivity contribution in [1.29, 1.82) is 0 Å². The quantitative estimate of drug-likeness (QED) is 0.596. The van der Waals surface area contributed by atoms with Gasteiger partial charge in [0.15, 0.2) is 0 Å². The van der Waals surface area contributed by atoms with Gasteiger partial charge in [0.25, 0.3) is 0 Å². The Kier molecular flexibility index (Phi) is 6.98. The first-order valence-electron chi connectivity index (χ1n) is 6.44. The summed E-state index contributed by atoms with van der Waals surface area (Å²) in [7, 11) is 0. The van der Waals surface area contributed by atoms with E-state index in [2.05, 4.69) is 17.1 Å². The maximum atomic E-state index is 9.49. The first-order valence-corrected chi connectivity index (χ1v) is 6.44. The number of aliphatic hydroxyl groups excluding tert-OH is 1. The average molecular weight is 214 g/mol. The minimum absolute atomic E-state index is 0.151. The highest BCUT2D eigenvalue weighted by molar-refractivity contribution is 4.66. The van der Waals surface area contributed by atoms with E-state index in [1.165, 1.54) is 38.9 Å². The van der Waals surface area contributed by atoms with Gasteiger partial charge in [0.1, 0.15) is 0 Å². The largest absolute Gasteiger partial charge is 0.392 e. The third-order valence-electron chi connectivity index (χ3n) is 3.03. The Bertz CT molecular complexity index is 147. The molecule has 0 spiro atoms. The van der Waals surface area contributed by atoms with Crippen LogP contribution in [0.1, 0.15) is 39.0 Å². The van der Waals surface area contributed by atoms with Gasteiger partial charge in [-0.3, -0.25) is 0 Å². The summed E-state index contributed by atoms with van der Waals surface area (Å²) < 4.78 is 0. The van der Waals surface area contributed by atoms with Gasteiger partial charge in [0.2, 0.25) is 0 Å². The molecule has 0 aromatic rings. The number of nitrogens with one attached hydrogen (secondary N) is 1. The van der Waals surface area contributed by atoms with E-state index in [1.807, 2.05) is 0 Å². The van der Waals surface area contributed by atoms with Crippen molar-refractivity contribution >= 4 is 0 Å². The molecule has 1 unspecified atom stereocenters. The summed E-state index contributed by atoms with van der Waals surface area (Å²) >= 11 is 0. The van der Waals surface area contributed by atoms with Crippen molar-refractivity contribution in [3.63, 3.8) is 0 Å². The molecular weight excluding hydrogens is 188 g/mol. The van der Waals surface area contributed by atoms with Gasteiger partial charge in [-0.2, -0.15) is 0 Å². The van der Waals surface area contributed by atoms with Crippen molar-refractivity contribution in [2.75, 3.05) is 32.7 Å². The number of hydrogen-bond donors (Lipinski definition) is 2. The molecule has 1 aliphatic rings. The Balaban J connectivity index is 1.84. The third-order valence-corrected chi connectivity index (χ3v) is 3.03. The number of aliphatic hydroxyl groups is 1. The lowest BCUT2D eigenvalue weighted by atomic mass is 10.2. The highest BCUT2D eigenvalue weighted by Gasteiger charge is 2.10. The molecular formula is C12H26N2O. The summed E-state index contributed by atoms with van der Waals surface area (Å²) in [5.41, 5.74) is 0. The second-order valence-corrected chi connectivity index (χ2v) is 4.55. The zero-order valence-electron chi connectivity index (χ0n) is 10.0. The molecule has 0 aromatic heterocycles. The van der Waals surface area contributed by atoms with Crippen LogP contribution in [0.3, 0.4) is 0 Å². The maximum Gasteiger partial charge on any atom is 0.0664 e. The zero-order chi connectivity index (χ0) is 10.9. The first-order chi connectivity index (χ1) is 7.33. The lowest BCUT2D eigenvalue weighted by molar-refractivity contribution is 0.160. The van der Waals surface area contributed by atoms with Crippen LogP contribution < -0.4 is 5.32 Å². The SMILES string of the molecule is CCCC(O)CNCCCN1CCCC1. The van der Waals surface area contributed by atoms with Gasteiger partial charge in [0.05, 0.1) is 6.10 Å². The molecule has 1 saturated heterocycles. The molecule has 1 rings (SSSR count). The minimum Gasteiger partial charge on any atom is -0.392 e. The average Bonchev–Trinajstić information content (AvgIpc) is 2.70. The van der Waals surface area contributed by atoms with E-state index in [-0.39, 0.29) is 6.10 Å². The molecule has 1 heterocycles. The van der Waals surface area contributed by atoms with Crippen LogP contribution in [0.4, 0.5) is 0 Å². The molecule has 90 valence electrons. The highest BCUT2D eigenvalue weighted by Crippen LogP contribution is 2.06. The van der Waals surface area contributed by atoms with Crippen molar-refractivity contribution in [1.82, 2.24) is 10.2 Å². The zero-order valence-corrected chi connectivity index (χ0v) is 10.0. The Hall–Kier alpha value is -0.120. The van der Waals surface area contributed by atoms with E-state index in [0.29, 0.717) is 0 Å². The smallest absolute Gasteiger partial charge is 0.0664 e. The molecule has 15 heavy (non-hydrogen) atoms. The molecule has 0 amide bonds. The molecule has 3 heteroatoms. The summed E-state index contributed by atoms with van der Waals surface area (Å²) in [6.45, 7) is 7.70. The molecule has 0 radical (unpaired) electrons. The van der Waals surface area contributed by atoms with E-state index in [9.17, 15) is 5.11 Å². The van der Waals surface area contributed by atoms with Crippen LogP contribution in [-0.4, -0.2) is 48.8 Å². The van der Waals surface area contributed by atoms with Gasteiger partial charge in [-0.25, -0.2) is 0 Å². The van der Waals surface area contributed by atoms with Gasteiger partial charge < -0.3 is 15.3 Å². The van der Waals surface area contributed by atoms with Crippen molar-refractivity contribution < 1.29 is 5.11 Å². The number of likely N-dealkylation sites (tertiary alicyclic amines) is 1. The van der Waals surface area contributed by atoms with Gasteiger partial charge in [0, 0.05) is 6.54 Å². The molecule has 3 nitrogen and oxygen atoms in total. The molecule has 2 N–H and O–H groups in total. The summed E-state index contributed by atoms with van der Waals surface area (Å²) in [4.78, 5) is 2.53. The predicted octanol–water partition coefficient (Wildman–Crippen LogP) is 1.22. The van der Waals surface area contributed by atoms with Crippen molar-refractivity contribution in [2.24, 2.45) is 0 Å². The number of rotatable bonds is 8. The third kappa shape index (κ3) is 6.13. The summed E-state index contributed by atoms with van der Waals surface area (Å²) in [5, 5.41) is 12.8. The summed E-state index contributed by atoms with van der Waals surface area (Å²) in [5.74, 6) is 0. The lowest BCUT2D eigenvalue weighted by Gasteiger charge is -2.15. The van der Waals surface area contributed by atoms with Crippen molar-refractivity contribution in [3.8, 4) is 0 Å². The van der Waals surface area contributed by atoms with E-state index < -0.39 is 0 Å². The van der Waals surface area contributed by atoms with E-state index >= 15 is 0 Å². The minimum atomic E-state index is -0.151.